The zero-order valence-electron chi connectivity index (χ0n) is 16.7. The van der Waals surface area contributed by atoms with Crippen molar-refractivity contribution in [3.8, 4) is 5.75 Å². The molecule has 6 heteroatoms. The average Bonchev–Trinajstić information content (AvgIpc) is 2.77. The van der Waals surface area contributed by atoms with Crippen molar-refractivity contribution in [3.05, 3.63) is 24.3 Å². The van der Waals surface area contributed by atoms with Gasteiger partial charge in [0.25, 0.3) is 0 Å². The van der Waals surface area contributed by atoms with E-state index in [1.54, 1.807) is 0 Å². The molecule has 3 rings (SSSR count). The maximum atomic E-state index is 9.49. The summed E-state index contributed by atoms with van der Waals surface area (Å²) in [5.74, 6) is 0.888. The first-order chi connectivity index (χ1) is 12.2. The number of piperidine rings is 1. The van der Waals surface area contributed by atoms with Crippen LogP contribution in [0.15, 0.2) is 24.3 Å². The van der Waals surface area contributed by atoms with Gasteiger partial charge in [-0.2, -0.15) is 0 Å². The number of ether oxygens (including phenoxy) is 1. The van der Waals surface area contributed by atoms with Crippen molar-refractivity contribution in [1.82, 2.24) is 4.90 Å². The number of aliphatic hydroxyl groups is 1. The second-order valence-electron chi connectivity index (χ2n) is 8.62. The van der Waals surface area contributed by atoms with E-state index in [2.05, 4.69) is 32.6 Å². The minimum Gasteiger partial charge on any atom is -0.490 e. The van der Waals surface area contributed by atoms with Gasteiger partial charge in [0.15, 0.2) is 0 Å². The third-order valence-electron chi connectivity index (χ3n) is 5.77. The number of likely N-dealkylation sites (tertiary alicyclic amines) is 1. The lowest BCUT2D eigenvalue weighted by Crippen LogP contribution is -2.41. The molecule has 0 amide bonds. The highest BCUT2D eigenvalue weighted by atomic mass is 16.7. The fourth-order valence-electron chi connectivity index (χ4n) is 3.46. The van der Waals surface area contributed by atoms with Crippen LogP contribution in [0.5, 0.6) is 5.75 Å². The number of rotatable bonds is 5. The van der Waals surface area contributed by atoms with Crippen LogP contribution in [0.1, 0.15) is 47.5 Å². The molecule has 26 heavy (non-hydrogen) atoms. The summed E-state index contributed by atoms with van der Waals surface area (Å²) < 4.78 is 18.3. The molecule has 2 fully saturated rings. The van der Waals surface area contributed by atoms with E-state index in [4.69, 9.17) is 14.0 Å². The van der Waals surface area contributed by atoms with Crippen molar-refractivity contribution in [3.63, 3.8) is 0 Å². The van der Waals surface area contributed by atoms with Gasteiger partial charge < -0.3 is 24.1 Å². The van der Waals surface area contributed by atoms with Crippen LogP contribution in [-0.4, -0.2) is 60.2 Å². The molecular formula is C20H32BNO4. The maximum Gasteiger partial charge on any atom is 0.494 e. The SMILES string of the molecule is C[C@H](O)CN1CCC(Oc2ccc(B3OC(C)(C)C(C)(C)O3)cc2)CC1. The van der Waals surface area contributed by atoms with Gasteiger partial charge >= 0.3 is 7.12 Å². The van der Waals surface area contributed by atoms with Crippen molar-refractivity contribution < 1.29 is 19.2 Å². The first-order valence-corrected chi connectivity index (χ1v) is 9.69. The molecular weight excluding hydrogens is 329 g/mol. The van der Waals surface area contributed by atoms with E-state index in [0.29, 0.717) is 0 Å². The third kappa shape index (κ3) is 4.42. The highest BCUT2D eigenvalue weighted by molar-refractivity contribution is 6.62. The van der Waals surface area contributed by atoms with E-state index in [1.807, 2.05) is 31.2 Å². The fraction of sp³-hybridized carbons (Fsp3) is 0.700. The van der Waals surface area contributed by atoms with Crippen molar-refractivity contribution in [2.75, 3.05) is 19.6 Å². The minimum absolute atomic E-state index is 0.239. The predicted octanol–water partition coefficient (Wildman–Crippen LogP) is 2.21. The quantitative estimate of drug-likeness (QED) is 0.815. The average molecular weight is 361 g/mol. The number of nitrogens with zero attached hydrogens (tertiary/aromatic N) is 1. The molecule has 1 N–H and O–H groups in total. The molecule has 2 heterocycles. The van der Waals surface area contributed by atoms with Gasteiger partial charge in [0.1, 0.15) is 11.9 Å². The zero-order valence-corrected chi connectivity index (χ0v) is 16.7. The summed E-state index contributed by atoms with van der Waals surface area (Å²) >= 11 is 0. The van der Waals surface area contributed by atoms with Crippen LogP contribution in [0.3, 0.4) is 0 Å². The number of benzene rings is 1. The Labute approximate surface area is 157 Å². The Bertz CT molecular complexity index is 578. The number of aliphatic hydroxyl groups excluding tert-OH is 1. The molecule has 0 radical (unpaired) electrons. The molecule has 2 aliphatic heterocycles. The summed E-state index contributed by atoms with van der Waals surface area (Å²) in [5.41, 5.74) is 0.363. The van der Waals surface area contributed by atoms with Crippen LogP contribution in [0.25, 0.3) is 0 Å². The molecule has 1 aromatic rings. The van der Waals surface area contributed by atoms with Crippen LogP contribution >= 0.6 is 0 Å². The highest BCUT2D eigenvalue weighted by Crippen LogP contribution is 2.36. The predicted molar refractivity (Wildman–Crippen MR) is 104 cm³/mol. The van der Waals surface area contributed by atoms with Crippen LogP contribution in [0.2, 0.25) is 0 Å². The molecule has 0 bridgehead atoms. The van der Waals surface area contributed by atoms with Crippen LogP contribution in [0, 0.1) is 0 Å². The monoisotopic (exact) mass is 361 g/mol. The van der Waals surface area contributed by atoms with Crippen molar-refractivity contribution in [1.29, 1.82) is 0 Å². The Kier molecular flexibility index (Phi) is 5.68. The Morgan fingerprint density at radius 3 is 2.15 bits per heavy atom. The Hall–Kier alpha value is -1.08. The Balaban J connectivity index is 1.53. The molecule has 0 unspecified atom stereocenters. The largest absolute Gasteiger partial charge is 0.494 e. The van der Waals surface area contributed by atoms with E-state index in [0.717, 1.165) is 43.7 Å². The third-order valence-corrected chi connectivity index (χ3v) is 5.77. The van der Waals surface area contributed by atoms with E-state index < -0.39 is 0 Å². The van der Waals surface area contributed by atoms with Crippen molar-refractivity contribution >= 4 is 12.6 Å². The van der Waals surface area contributed by atoms with Gasteiger partial charge in [-0.15, -0.1) is 0 Å². The van der Waals surface area contributed by atoms with E-state index in [9.17, 15) is 5.11 Å². The van der Waals surface area contributed by atoms with Gasteiger partial charge in [-0.05, 0) is 65.1 Å². The molecule has 0 saturated carbocycles. The van der Waals surface area contributed by atoms with Gasteiger partial charge in [0.05, 0.1) is 17.3 Å². The smallest absolute Gasteiger partial charge is 0.490 e. The molecule has 2 aliphatic rings. The zero-order chi connectivity index (χ0) is 18.9. The van der Waals surface area contributed by atoms with E-state index >= 15 is 0 Å². The number of hydrogen-bond acceptors (Lipinski definition) is 5. The van der Waals surface area contributed by atoms with Gasteiger partial charge in [0.2, 0.25) is 0 Å². The first-order valence-electron chi connectivity index (χ1n) is 9.69. The number of hydrogen-bond donors (Lipinski definition) is 1. The first kappa shape index (κ1) is 19.7. The van der Waals surface area contributed by atoms with Gasteiger partial charge in [-0.1, -0.05) is 12.1 Å². The lowest BCUT2D eigenvalue weighted by atomic mass is 9.79. The molecule has 5 nitrogen and oxygen atoms in total. The topological polar surface area (TPSA) is 51.2 Å². The van der Waals surface area contributed by atoms with Gasteiger partial charge in [0, 0.05) is 19.6 Å². The molecule has 2 saturated heterocycles. The van der Waals surface area contributed by atoms with Crippen molar-refractivity contribution in [2.24, 2.45) is 0 Å². The molecule has 1 atom stereocenters. The fourth-order valence-corrected chi connectivity index (χ4v) is 3.46. The van der Waals surface area contributed by atoms with E-state index in [-0.39, 0.29) is 30.5 Å². The summed E-state index contributed by atoms with van der Waals surface area (Å²) in [6.07, 6.45) is 1.95. The van der Waals surface area contributed by atoms with Crippen molar-refractivity contribution in [2.45, 2.75) is 70.9 Å². The molecule has 144 valence electrons. The minimum atomic E-state index is -0.335. The second-order valence-corrected chi connectivity index (χ2v) is 8.62. The standard InChI is InChI=1S/C20H32BNO4/c1-15(23)14-22-12-10-18(11-13-22)24-17-8-6-16(7-9-17)21-25-19(2,3)20(4,5)26-21/h6-9,15,18,23H,10-14H2,1-5H3/t15-/m0/s1. The lowest BCUT2D eigenvalue weighted by Gasteiger charge is -2.32. The molecule has 0 spiro atoms. The Morgan fingerprint density at radius 2 is 1.65 bits per heavy atom. The lowest BCUT2D eigenvalue weighted by molar-refractivity contribution is 0.00578. The Morgan fingerprint density at radius 1 is 1.12 bits per heavy atom. The van der Waals surface area contributed by atoms with Crippen LogP contribution < -0.4 is 10.2 Å². The molecule has 0 aliphatic carbocycles. The summed E-state index contributed by atoms with van der Waals surface area (Å²) in [6.45, 7) is 12.8. The normalized spacial score (nSPS) is 24.6. The van der Waals surface area contributed by atoms with Gasteiger partial charge in [-0.3, -0.25) is 0 Å². The summed E-state index contributed by atoms with van der Waals surface area (Å²) in [4.78, 5) is 2.30. The van der Waals surface area contributed by atoms with Crippen LogP contribution in [-0.2, 0) is 9.31 Å². The maximum absolute atomic E-state index is 9.49. The van der Waals surface area contributed by atoms with Gasteiger partial charge in [-0.25, -0.2) is 0 Å². The van der Waals surface area contributed by atoms with E-state index in [1.165, 1.54) is 0 Å². The summed E-state index contributed by atoms with van der Waals surface area (Å²) in [6, 6.07) is 8.06. The number of β-amino-alcohol motifs (C(OH)–C–C–N with tert-alkyl or cyclic N) is 1. The second kappa shape index (κ2) is 7.51. The molecule has 1 aromatic carbocycles. The summed E-state index contributed by atoms with van der Waals surface area (Å²) in [5, 5.41) is 9.49. The van der Waals surface area contributed by atoms with Crippen LogP contribution in [0.4, 0.5) is 0 Å². The summed E-state index contributed by atoms with van der Waals surface area (Å²) in [7, 11) is -0.335. The highest BCUT2D eigenvalue weighted by Gasteiger charge is 2.51. The molecule has 0 aromatic heterocycles.